The average molecular weight is 312 g/mol. The summed E-state index contributed by atoms with van der Waals surface area (Å²) in [5.74, 6) is 0.100. The van der Waals surface area contributed by atoms with Crippen molar-refractivity contribution in [2.24, 2.45) is 11.7 Å². The molecule has 0 aromatic heterocycles. The van der Waals surface area contributed by atoms with Crippen LogP contribution in [0.15, 0.2) is 30.3 Å². The first-order valence-corrected chi connectivity index (χ1v) is 6.94. The predicted octanol–water partition coefficient (Wildman–Crippen LogP) is 1.03. The smallest absolute Gasteiger partial charge is 0.251 e. The largest absolute Gasteiger partial charge is 0.343 e. The normalized spacial score (nSPS) is 18.8. The maximum atomic E-state index is 12.0. The van der Waals surface area contributed by atoms with E-state index in [0.29, 0.717) is 18.0 Å². The maximum absolute atomic E-state index is 12.0. The van der Waals surface area contributed by atoms with Crippen LogP contribution in [0, 0.1) is 5.92 Å². The van der Waals surface area contributed by atoms with Gasteiger partial charge in [0.1, 0.15) is 0 Å². The van der Waals surface area contributed by atoms with Crippen LogP contribution in [0.1, 0.15) is 23.7 Å². The summed E-state index contributed by atoms with van der Waals surface area (Å²) >= 11 is 0. The molecule has 21 heavy (non-hydrogen) atoms. The Morgan fingerprint density at radius 3 is 2.62 bits per heavy atom. The minimum atomic E-state index is -0.220. The third kappa shape index (κ3) is 4.72. The number of carbonyl (C=O) groups is 2. The predicted molar refractivity (Wildman–Crippen MR) is 84.4 cm³/mol. The van der Waals surface area contributed by atoms with E-state index in [9.17, 15) is 9.59 Å². The molecule has 2 atom stereocenters. The Kier molecular flexibility index (Phi) is 6.65. The van der Waals surface area contributed by atoms with Crippen molar-refractivity contribution in [3.63, 3.8) is 0 Å². The molecule has 2 amide bonds. The van der Waals surface area contributed by atoms with Crippen LogP contribution >= 0.6 is 12.4 Å². The molecule has 0 spiro atoms. The summed E-state index contributed by atoms with van der Waals surface area (Å²) in [7, 11) is 0. The van der Waals surface area contributed by atoms with Gasteiger partial charge in [0.15, 0.2) is 0 Å². The van der Waals surface area contributed by atoms with Crippen molar-refractivity contribution in [1.82, 2.24) is 10.2 Å². The zero-order valence-electron chi connectivity index (χ0n) is 12.1. The molecule has 3 N–H and O–H groups in total. The van der Waals surface area contributed by atoms with Crippen LogP contribution in [-0.4, -0.2) is 42.4 Å². The number of rotatable bonds is 4. The number of nitrogens with one attached hydrogen (secondary N) is 1. The Labute approximate surface area is 131 Å². The summed E-state index contributed by atoms with van der Waals surface area (Å²) in [5, 5.41) is 2.66. The molecule has 5 nitrogen and oxygen atoms in total. The molecule has 1 aromatic carbocycles. The van der Waals surface area contributed by atoms with Gasteiger partial charge >= 0.3 is 0 Å². The summed E-state index contributed by atoms with van der Waals surface area (Å²) in [5.41, 5.74) is 6.42. The average Bonchev–Trinajstić information content (AvgIpc) is 2.95. The molecule has 0 radical (unpaired) electrons. The molecule has 2 unspecified atom stereocenters. The highest BCUT2D eigenvalue weighted by molar-refractivity contribution is 5.96. The Morgan fingerprint density at radius 1 is 1.38 bits per heavy atom. The zero-order valence-corrected chi connectivity index (χ0v) is 12.9. The number of nitrogens with zero attached hydrogens (tertiary/aromatic N) is 1. The molecule has 2 rings (SSSR count). The molecule has 1 heterocycles. The van der Waals surface area contributed by atoms with Crippen molar-refractivity contribution >= 4 is 24.2 Å². The van der Waals surface area contributed by atoms with Gasteiger partial charge in [-0.1, -0.05) is 18.2 Å². The topological polar surface area (TPSA) is 75.4 Å². The van der Waals surface area contributed by atoms with E-state index in [4.69, 9.17) is 5.73 Å². The SMILES string of the molecule is CC(N)C1CCN(C(=O)CNC(=O)c2ccccc2)C1.Cl. The van der Waals surface area contributed by atoms with Gasteiger partial charge in [0.05, 0.1) is 6.54 Å². The molecular formula is C15H22ClN3O2. The van der Waals surface area contributed by atoms with Gasteiger partial charge in [0.25, 0.3) is 5.91 Å². The number of nitrogens with two attached hydrogens (primary N) is 1. The van der Waals surface area contributed by atoms with Crippen LogP contribution in [0.5, 0.6) is 0 Å². The summed E-state index contributed by atoms with van der Waals surface area (Å²) in [6, 6.07) is 8.99. The van der Waals surface area contributed by atoms with Crippen molar-refractivity contribution < 1.29 is 9.59 Å². The highest BCUT2D eigenvalue weighted by atomic mass is 35.5. The Balaban J connectivity index is 0.00000220. The molecule has 1 aromatic rings. The van der Waals surface area contributed by atoms with E-state index >= 15 is 0 Å². The summed E-state index contributed by atoms with van der Waals surface area (Å²) in [6.45, 7) is 3.43. The fraction of sp³-hybridized carbons (Fsp3) is 0.467. The molecule has 1 aliphatic rings. The number of hydrogen-bond donors (Lipinski definition) is 2. The Hall–Kier alpha value is -1.59. The lowest BCUT2D eigenvalue weighted by molar-refractivity contribution is -0.129. The molecule has 1 saturated heterocycles. The van der Waals surface area contributed by atoms with Gasteiger partial charge in [-0.05, 0) is 31.4 Å². The van der Waals surface area contributed by atoms with Crippen LogP contribution < -0.4 is 11.1 Å². The van der Waals surface area contributed by atoms with Gasteiger partial charge in [0.2, 0.25) is 5.91 Å². The number of carbonyl (C=O) groups excluding carboxylic acids is 2. The van der Waals surface area contributed by atoms with Crippen LogP contribution in [-0.2, 0) is 4.79 Å². The standard InChI is InChI=1S/C15H21N3O2.ClH/c1-11(16)13-7-8-18(10-13)14(19)9-17-15(20)12-5-3-2-4-6-12;/h2-6,11,13H,7-10,16H2,1H3,(H,17,20);1H. The fourth-order valence-corrected chi connectivity index (χ4v) is 2.40. The second-order valence-electron chi connectivity index (χ2n) is 5.30. The highest BCUT2D eigenvalue weighted by Crippen LogP contribution is 2.18. The van der Waals surface area contributed by atoms with E-state index in [-0.39, 0.29) is 36.8 Å². The maximum Gasteiger partial charge on any atom is 0.251 e. The Bertz CT molecular complexity index is 479. The molecule has 0 aliphatic carbocycles. The quantitative estimate of drug-likeness (QED) is 0.872. The van der Waals surface area contributed by atoms with Crippen molar-refractivity contribution in [3.05, 3.63) is 35.9 Å². The van der Waals surface area contributed by atoms with E-state index in [2.05, 4.69) is 5.32 Å². The minimum absolute atomic E-state index is 0. The first-order valence-electron chi connectivity index (χ1n) is 6.94. The van der Waals surface area contributed by atoms with Crippen LogP contribution in [0.25, 0.3) is 0 Å². The van der Waals surface area contributed by atoms with Crippen LogP contribution in [0.2, 0.25) is 0 Å². The van der Waals surface area contributed by atoms with E-state index in [1.165, 1.54) is 0 Å². The van der Waals surface area contributed by atoms with Crippen molar-refractivity contribution in [1.29, 1.82) is 0 Å². The first kappa shape index (κ1) is 17.5. The van der Waals surface area contributed by atoms with Crippen molar-refractivity contribution in [2.45, 2.75) is 19.4 Å². The van der Waals surface area contributed by atoms with Gasteiger partial charge in [-0.3, -0.25) is 9.59 Å². The number of benzene rings is 1. The summed E-state index contributed by atoms with van der Waals surface area (Å²) in [6.07, 6.45) is 0.941. The van der Waals surface area contributed by atoms with Gasteiger partial charge in [0, 0.05) is 24.7 Å². The second kappa shape index (κ2) is 8.00. The third-order valence-electron chi connectivity index (χ3n) is 3.76. The summed E-state index contributed by atoms with van der Waals surface area (Å²) in [4.78, 5) is 25.6. The van der Waals surface area contributed by atoms with E-state index in [0.717, 1.165) is 13.0 Å². The lowest BCUT2D eigenvalue weighted by Gasteiger charge is -2.18. The molecule has 1 fully saturated rings. The first-order chi connectivity index (χ1) is 9.58. The molecule has 116 valence electrons. The number of halogens is 1. The number of amides is 2. The van der Waals surface area contributed by atoms with Gasteiger partial charge in [-0.2, -0.15) is 0 Å². The van der Waals surface area contributed by atoms with Crippen LogP contribution in [0.3, 0.4) is 0 Å². The Morgan fingerprint density at radius 2 is 2.05 bits per heavy atom. The van der Waals surface area contributed by atoms with E-state index < -0.39 is 0 Å². The fourth-order valence-electron chi connectivity index (χ4n) is 2.40. The van der Waals surface area contributed by atoms with Gasteiger partial charge in [-0.15, -0.1) is 12.4 Å². The third-order valence-corrected chi connectivity index (χ3v) is 3.76. The van der Waals surface area contributed by atoms with Gasteiger partial charge in [-0.25, -0.2) is 0 Å². The highest BCUT2D eigenvalue weighted by Gasteiger charge is 2.28. The van der Waals surface area contributed by atoms with Crippen molar-refractivity contribution in [2.75, 3.05) is 19.6 Å². The molecule has 0 bridgehead atoms. The van der Waals surface area contributed by atoms with E-state index in [1.807, 2.05) is 13.0 Å². The molecule has 6 heteroatoms. The van der Waals surface area contributed by atoms with E-state index in [1.54, 1.807) is 29.2 Å². The van der Waals surface area contributed by atoms with Crippen LogP contribution in [0.4, 0.5) is 0 Å². The molecule has 1 aliphatic heterocycles. The lowest BCUT2D eigenvalue weighted by Crippen LogP contribution is -2.40. The molecular weight excluding hydrogens is 290 g/mol. The minimum Gasteiger partial charge on any atom is -0.343 e. The zero-order chi connectivity index (χ0) is 14.5. The second-order valence-corrected chi connectivity index (χ2v) is 5.30. The molecule has 0 saturated carbocycles. The number of likely N-dealkylation sites (tertiary alicyclic amines) is 1. The summed E-state index contributed by atoms with van der Waals surface area (Å²) < 4.78 is 0. The monoisotopic (exact) mass is 311 g/mol. The van der Waals surface area contributed by atoms with Crippen molar-refractivity contribution in [3.8, 4) is 0 Å². The number of hydrogen-bond acceptors (Lipinski definition) is 3. The lowest BCUT2D eigenvalue weighted by atomic mass is 10.0. The van der Waals surface area contributed by atoms with Gasteiger partial charge < -0.3 is 16.0 Å².